The largest absolute Gasteiger partial charge is 0.484 e. The molecule has 0 spiro atoms. The maximum absolute atomic E-state index is 11.5. The summed E-state index contributed by atoms with van der Waals surface area (Å²) in [4.78, 5) is 11.5. The minimum atomic E-state index is -0.329. The average molecular weight is 272 g/mol. The van der Waals surface area contributed by atoms with Gasteiger partial charge in [0.05, 0.1) is 6.21 Å². The zero-order valence-electron chi connectivity index (χ0n) is 11.4. The van der Waals surface area contributed by atoms with Gasteiger partial charge < -0.3 is 9.15 Å². The van der Waals surface area contributed by atoms with E-state index >= 15 is 0 Å². The van der Waals surface area contributed by atoms with Gasteiger partial charge in [-0.2, -0.15) is 5.10 Å². The van der Waals surface area contributed by atoms with E-state index in [1.165, 1.54) is 6.21 Å². The van der Waals surface area contributed by atoms with Crippen LogP contribution >= 0.6 is 0 Å². The van der Waals surface area contributed by atoms with E-state index in [9.17, 15) is 4.79 Å². The Kier molecular flexibility index (Phi) is 4.55. The first-order valence-corrected chi connectivity index (χ1v) is 6.21. The number of nitrogens with one attached hydrogen (secondary N) is 1. The topological polar surface area (TPSA) is 63.8 Å². The van der Waals surface area contributed by atoms with Crippen molar-refractivity contribution >= 4 is 12.1 Å². The molecule has 1 amide bonds. The molecule has 2 rings (SSSR count). The number of hydrazone groups is 1. The second kappa shape index (κ2) is 6.56. The Labute approximate surface area is 117 Å². The summed E-state index contributed by atoms with van der Waals surface area (Å²) in [5, 5.41) is 3.78. The van der Waals surface area contributed by atoms with Gasteiger partial charge >= 0.3 is 0 Å². The van der Waals surface area contributed by atoms with Crippen molar-refractivity contribution in [3.63, 3.8) is 0 Å². The van der Waals surface area contributed by atoms with Gasteiger partial charge in [0.1, 0.15) is 17.3 Å². The Bertz CT molecular complexity index is 600. The molecular weight excluding hydrogens is 256 g/mol. The first-order valence-electron chi connectivity index (χ1n) is 6.21. The molecule has 0 aliphatic heterocycles. The van der Waals surface area contributed by atoms with Gasteiger partial charge in [0.2, 0.25) is 0 Å². The summed E-state index contributed by atoms with van der Waals surface area (Å²) < 4.78 is 10.6. The number of hydrogen-bond donors (Lipinski definition) is 1. The number of benzene rings is 1. The minimum absolute atomic E-state index is 0.0857. The Hall–Kier alpha value is -2.56. The average Bonchev–Trinajstić information content (AvgIpc) is 2.84. The molecule has 20 heavy (non-hydrogen) atoms. The highest BCUT2D eigenvalue weighted by atomic mass is 16.5. The van der Waals surface area contributed by atoms with Gasteiger partial charge in [0.25, 0.3) is 5.91 Å². The van der Waals surface area contributed by atoms with Crippen LogP contribution in [-0.2, 0) is 4.79 Å². The molecule has 104 valence electrons. The zero-order chi connectivity index (χ0) is 14.4. The van der Waals surface area contributed by atoms with Gasteiger partial charge in [-0.25, -0.2) is 5.43 Å². The number of rotatable bonds is 5. The lowest BCUT2D eigenvalue weighted by Crippen LogP contribution is -2.24. The van der Waals surface area contributed by atoms with E-state index in [4.69, 9.17) is 9.15 Å². The second-order valence-electron chi connectivity index (χ2n) is 4.34. The zero-order valence-corrected chi connectivity index (χ0v) is 11.4. The molecule has 1 N–H and O–H groups in total. The van der Waals surface area contributed by atoms with Crippen molar-refractivity contribution in [1.82, 2.24) is 5.43 Å². The molecule has 0 bridgehead atoms. The number of amides is 1. The van der Waals surface area contributed by atoms with Gasteiger partial charge in [0.15, 0.2) is 6.61 Å². The lowest BCUT2D eigenvalue weighted by Gasteiger charge is -2.04. The van der Waals surface area contributed by atoms with Gasteiger partial charge in [-0.15, -0.1) is 0 Å². The van der Waals surface area contributed by atoms with Crippen LogP contribution in [-0.4, -0.2) is 18.7 Å². The highest BCUT2D eigenvalue weighted by Crippen LogP contribution is 2.10. The van der Waals surface area contributed by atoms with E-state index in [2.05, 4.69) is 10.5 Å². The van der Waals surface area contributed by atoms with Gasteiger partial charge in [0, 0.05) is 0 Å². The van der Waals surface area contributed by atoms with Crippen LogP contribution in [0, 0.1) is 13.8 Å². The number of aryl methyl sites for hydroxylation is 2. The van der Waals surface area contributed by atoms with Crippen molar-refractivity contribution in [3.05, 3.63) is 53.5 Å². The van der Waals surface area contributed by atoms with Crippen LogP contribution in [0.3, 0.4) is 0 Å². The quantitative estimate of drug-likeness (QED) is 0.671. The van der Waals surface area contributed by atoms with E-state index in [0.717, 1.165) is 11.3 Å². The van der Waals surface area contributed by atoms with Crippen LogP contribution in [0.5, 0.6) is 5.75 Å². The van der Waals surface area contributed by atoms with E-state index in [1.807, 2.05) is 44.2 Å². The Morgan fingerprint density at radius 3 is 2.65 bits per heavy atom. The molecule has 0 unspecified atom stereocenters. The summed E-state index contributed by atoms with van der Waals surface area (Å²) >= 11 is 0. The molecule has 5 heteroatoms. The lowest BCUT2D eigenvalue weighted by molar-refractivity contribution is -0.123. The minimum Gasteiger partial charge on any atom is -0.484 e. The Morgan fingerprint density at radius 2 is 2.00 bits per heavy atom. The van der Waals surface area contributed by atoms with Crippen molar-refractivity contribution in [2.24, 2.45) is 5.10 Å². The van der Waals surface area contributed by atoms with Crippen molar-refractivity contribution in [1.29, 1.82) is 0 Å². The molecule has 0 aliphatic carbocycles. The molecule has 0 atom stereocenters. The van der Waals surface area contributed by atoms with Crippen molar-refractivity contribution in [3.8, 4) is 5.75 Å². The normalized spacial score (nSPS) is 10.7. The number of carbonyl (C=O) groups is 1. The van der Waals surface area contributed by atoms with Gasteiger partial charge in [-0.3, -0.25) is 4.79 Å². The molecule has 1 heterocycles. The number of hydrogen-bond acceptors (Lipinski definition) is 4. The second-order valence-corrected chi connectivity index (χ2v) is 4.34. The summed E-state index contributed by atoms with van der Waals surface area (Å²) in [5.41, 5.74) is 3.51. The van der Waals surface area contributed by atoms with Crippen LogP contribution < -0.4 is 10.2 Å². The van der Waals surface area contributed by atoms with E-state index in [1.54, 1.807) is 6.07 Å². The third kappa shape index (κ3) is 4.28. The number of ether oxygens (including phenoxy) is 1. The Balaban J connectivity index is 1.75. The van der Waals surface area contributed by atoms with Crippen molar-refractivity contribution in [2.45, 2.75) is 13.8 Å². The highest BCUT2D eigenvalue weighted by Gasteiger charge is 2.01. The predicted octanol–water partition coefficient (Wildman–Crippen LogP) is 2.43. The fourth-order valence-corrected chi connectivity index (χ4v) is 1.51. The molecule has 0 radical (unpaired) electrons. The van der Waals surface area contributed by atoms with E-state index in [-0.39, 0.29) is 12.5 Å². The molecule has 1 aromatic carbocycles. The first-order chi connectivity index (χ1) is 9.63. The fourth-order valence-electron chi connectivity index (χ4n) is 1.51. The summed E-state index contributed by atoms with van der Waals surface area (Å²) in [6, 6.07) is 11.1. The van der Waals surface area contributed by atoms with Crippen LogP contribution in [0.25, 0.3) is 0 Å². The first kappa shape index (κ1) is 13.9. The van der Waals surface area contributed by atoms with Crippen molar-refractivity contribution < 1.29 is 13.9 Å². The molecule has 0 fully saturated rings. The SMILES string of the molecule is Cc1ccc(OCC(=O)NN=Cc2ccc(C)o2)cc1. The van der Waals surface area contributed by atoms with Gasteiger partial charge in [-0.1, -0.05) is 17.7 Å². The molecule has 0 aliphatic rings. The number of furan rings is 1. The van der Waals surface area contributed by atoms with Crippen LogP contribution in [0.4, 0.5) is 0 Å². The molecule has 1 aromatic heterocycles. The predicted molar refractivity (Wildman–Crippen MR) is 75.9 cm³/mol. The molecule has 0 saturated heterocycles. The van der Waals surface area contributed by atoms with E-state index < -0.39 is 0 Å². The van der Waals surface area contributed by atoms with Crippen LogP contribution in [0.2, 0.25) is 0 Å². The molecule has 5 nitrogen and oxygen atoms in total. The third-order valence-corrected chi connectivity index (χ3v) is 2.53. The summed E-state index contributed by atoms with van der Waals surface area (Å²) in [7, 11) is 0. The fraction of sp³-hybridized carbons (Fsp3) is 0.200. The maximum atomic E-state index is 11.5. The highest BCUT2D eigenvalue weighted by molar-refractivity contribution is 5.81. The van der Waals surface area contributed by atoms with Crippen molar-refractivity contribution in [2.75, 3.05) is 6.61 Å². The monoisotopic (exact) mass is 272 g/mol. The van der Waals surface area contributed by atoms with Crippen LogP contribution in [0.1, 0.15) is 17.1 Å². The molecular formula is C15H16N2O3. The third-order valence-electron chi connectivity index (χ3n) is 2.53. The smallest absolute Gasteiger partial charge is 0.277 e. The standard InChI is InChI=1S/C15H16N2O3/c1-11-3-6-13(7-4-11)19-10-15(18)17-16-9-14-8-5-12(2)20-14/h3-9H,10H2,1-2H3,(H,17,18). The van der Waals surface area contributed by atoms with Gasteiger partial charge in [-0.05, 0) is 38.1 Å². The van der Waals surface area contributed by atoms with Crippen LogP contribution in [0.15, 0.2) is 45.9 Å². The summed E-state index contributed by atoms with van der Waals surface area (Å²) in [6.07, 6.45) is 1.44. The number of carbonyl (C=O) groups excluding carboxylic acids is 1. The summed E-state index contributed by atoms with van der Waals surface area (Å²) in [6.45, 7) is 3.74. The molecule has 0 saturated carbocycles. The lowest BCUT2D eigenvalue weighted by atomic mass is 10.2. The maximum Gasteiger partial charge on any atom is 0.277 e. The number of nitrogens with zero attached hydrogens (tertiary/aromatic N) is 1. The Morgan fingerprint density at radius 1 is 1.25 bits per heavy atom. The van der Waals surface area contributed by atoms with E-state index in [0.29, 0.717) is 11.5 Å². The molecule has 2 aromatic rings. The summed E-state index contributed by atoms with van der Waals surface area (Å²) in [5.74, 6) is 1.70.